The van der Waals surface area contributed by atoms with Crippen molar-refractivity contribution >= 4 is 22.8 Å². The number of ether oxygens (including phenoxy) is 1. The number of thiophene rings is 1. The summed E-state index contributed by atoms with van der Waals surface area (Å²) >= 11 is 1.67. The summed E-state index contributed by atoms with van der Waals surface area (Å²) in [5.41, 5.74) is 2.99. The molecule has 0 atom stereocenters. The Labute approximate surface area is 114 Å². The van der Waals surface area contributed by atoms with Crippen LogP contribution in [-0.2, 0) is 4.74 Å². The summed E-state index contributed by atoms with van der Waals surface area (Å²) in [4.78, 5) is 4.36. The summed E-state index contributed by atoms with van der Waals surface area (Å²) in [5, 5.41) is 11.9. The molecule has 3 aromatic rings. The molecular formula is C13H14N4OS. The number of anilines is 1. The quantitative estimate of drug-likeness (QED) is 0.726. The second-order valence-corrected chi connectivity index (χ2v) is 4.84. The Hall–Kier alpha value is -1.92. The van der Waals surface area contributed by atoms with E-state index in [1.807, 2.05) is 22.8 Å². The number of nitrogens with one attached hydrogen (secondary N) is 1. The highest BCUT2D eigenvalue weighted by atomic mass is 32.1. The van der Waals surface area contributed by atoms with Crippen LogP contribution in [0.1, 0.15) is 0 Å². The first-order valence-electron chi connectivity index (χ1n) is 5.98. The van der Waals surface area contributed by atoms with Crippen LogP contribution < -0.4 is 5.32 Å². The van der Waals surface area contributed by atoms with Gasteiger partial charge in [0.1, 0.15) is 5.82 Å². The first-order valence-corrected chi connectivity index (χ1v) is 6.93. The number of fused-ring (bicyclic) bond motifs is 1. The number of nitrogens with zero attached hydrogens (tertiary/aromatic N) is 3. The van der Waals surface area contributed by atoms with Gasteiger partial charge < -0.3 is 10.1 Å². The Bertz CT molecular complexity index is 662. The summed E-state index contributed by atoms with van der Waals surface area (Å²) in [6.45, 7) is 1.39. The minimum Gasteiger partial charge on any atom is -0.383 e. The van der Waals surface area contributed by atoms with Crippen LogP contribution >= 0.6 is 11.3 Å². The van der Waals surface area contributed by atoms with E-state index in [4.69, 9.17) is 4.74 Å². The van der Waals surface area contributed by atoms with Crippen molar-refractivity contribution in [1.29, 1.82) is 0 Å². The lowest BCUT2D eigenvalue weighted by Gasteiger charge is -2.05. The van der Waals surface area contributed by atoms with Gasteiger partial charge in [-0.1, -0.05) is 0 Å². The zero-order valence-corrected chi connectivity index (χ0v) is 11.4. The monoisotopic (exact) mass is 274 g/mol. The van der Waals surface area contributed by atoms with E-state index in [0.29, 0.717) is 6.61 Å². The summed E-state index contributed by atoms with van der Waals surface area (Å²) in [5.74, 6) is 0.819. The van der Waals surface area contributed by atoms with Crippen LogP contribution in [0.25, 0.3) is 16.9 Å². The van der Waals surface area contributed by atoms with E-state index in [9.17, 15) is 0 Å². The molecule has 0 bridgehead atoms. The summed E-state index contributed by atoms with van der Waals surface area (Å²) in [6.07, 6.45) is 1.85. The van der Waals surface area contributed by atoms with Crippen LogP contribution in [0.3, 0.4) is 0 Å². The highest BCUT2D eigenvalue weighted by Gasteiger charge is 2.07. The average Bonchev–Trinajstić information content (AvgIpc) is 3.07. The van der Waals surface area contributed by atoms with E-state index >= 15 is 0 Å². The molecule has 0 unspecified atom stereocenters. The molecule has 1 N–H and O–H groups in total. The minimum atomic E-state index is 0.654. The first-order chi connectivity index (χ1) is 9.38. The van der Waals surface area contributed by atoms with Crippen molar-refractivity contribution in [2.75, 3.05) is 25.6 Å². The van der Waals surface area contributed by atoms with Crippen molar-refractivity contribution in [3.63, 3.8) is 0 Å². The maximum Gasteiger partial charge on any atom is 0.154 e. The number of rotatable bonds is 5. The van der Waals surface area contributed by atoms with E-state index in [2.05, 4.69) is 32.2 Å². The fourth-order valence-electron chi connectivity index (χ4n) is 1.86. The molecular weight excluding hydrogens is 260 g/mol. The molecule has 0 aliphatic carbocycles. The lowest BCUT2D eigenvalue weighted by atomic mass is 10.3. The first kappa shape index (κ1) is 12.1. The molecule has 0 aliphatic heterocycles. The third kappa shape index (κ3) is 2.45. The predicted octanol–water partition coefficient (Wildman–Crippen LogP) is 2.52. The van der Waals surface area contributed by atoms with Gasteiger partial charge in [0.25, 0.3) is 0 Å². The fraction of sp³-hybridized carbons (Fsp3) is 0.231. The van der Waals surface area contributed by atoms with Gasteiger partial charge in [-0.2, -0.15) is 11.3 Å². The van der Waals surface area contributed by atoms with E-state index in [-0.39, 0.29) is 0 Å². The summed E-state index contributed by atoms with van der Waals surface area (Å²) < 4.78 is 6.87. The topological polar surface area (TPSA) is 51.5 Å². The third-order valence-electron chi connectivity index (χ3n) is 2.79. The molecule has 0 aliphatic rings. The molecule has 3 rings (SSSR count). The maximum absolute atomic E-state index is 5.01. The van der Waals surface area contributed by atoms with E-state index in [0.717, 1.165) is 29.3 Å². The van der Waals surface area contributed by atoms with Crippen molar-refractivity contribution in [1.82, 2.24) is 14.6 Å². The number of imidazole rings is 1. The zero-order valence-electron chi connectivity index (χ0n) is 10.5. The van der Waals surface area contributed by atoms with Gasteiger partial charge in [0, 0.05) is 24.6 Å². The lowest BCUT2D eigenvalue weighted by molar-refractivity contribution is 0.210. The second kappa shape index (κ2) is 5.38. The van der Waals surface area contributed by atoms with Gasteiger partial charge in [0.15, 0.2) is 5.65 Å². The van der Waals surface area contributed by atoms with Gasteiger partial charge in [-0.3, -0.25) is 0 Å². The molecule has 5 nitrogen and oxygen atoms in total. The largest absolute Gasteiger partial charge is 0.383 e. The highest BCUT2D eigenvalue weighted by Crippen LogP contribution is 2.22. The van der Waals surface area contributed by atoms with Crippen molar-refractivity contribution < 1.29 is 4.74 Å². The molecule has 0 fully saturated rings. The van der Waals surface area contributed by atoms with E-state index in [1.54, 1.807) is 18.4 Å². The smallest absolute Gasteiger partial charge is 0.154 e. The summed E-state index contributed by atoms with van der Waals surface area (Å²) in [6, 6.07) is 5.95. The molecule has 3 aromatic heterocycles. The van der Waals surface area contributed by atoms with Gasteiger partial charge in [0.05, 0.1) is 18.5 Å². The highest BCUT2D eigenvalue weighted by molar-refractivity contribution is 7.08. The van der Waals surface area contributed by atoms with E-state index < -0.39 is 0 Å². The van der Waals surface area contributed by atoms with Gasteiger partial charge in [-0.25, -0.2) is 9.50 Å². The van der Waals surface area contributed by atoms with Crippen molar-refractivity contribution in [3.8, 4) is 11.3 Å². The van der Waals surface area contributed by atoms with Crippen LogP contribution in [0.15, 0.2) is 35.2 Å². The van der Waals surface area contributed by atoms with Crippen LogP contribution in [-0.4, -0.2) is 34.9 Å². The molecule has 0 saturated carbocycles. The van der Waals surface area contributed by atoms with Crippen molar-refractivity contribution in [2.24, 2.45) is 0 Å². The van der Waals surface area contributed by atoms with Crippen LogP contribution in [0.5, 0.6) is 0 Å². The zero-order chi connectivity index (χ0) is 13.1. The third-order valence-corrected chi connectivity index (χ3v) is 3.47. The SMILES string of the molecule is COCCNc1ccc2ncc(-c3ccsc3)n2n1. The van der Waals surface area contributed by atoms with Crippen LogP contribution in [0, 0.1) is 0 Å². The molecule has 0 aromatic carbocycles. The Morgan fingerprint density at radius 3 is 3.11 bits per heavy atom. The molecule has 19 heavy (non-hydrogen) atoms. The lowest BCUT2D eigenvalue weighted by Crippen LogP contribution is -2.10. The van der Waals surface area contributed by atoms with Crippen molar-refractivity contribution in [2.45, 2.75) is 0 Å². The van der Waals surface area contributed by atoms with Crippen molar-refractivity contribution in [3.05, 3.63) is 35.2 Å². The molecule has 3 heterocycles. The van der Waals surface area contributed by atoms with Gasteiger partial charge in [0.2, 0.25) is 0 Å². The normalized spacial score (nSPS) is 11.0. The Kier molecular flexibility index (Phi) is 3.43. The fourth-order valence-corrected chi connectivity index (χ4v) is 2.51. The molecule has 6 heteroatoms. The van der Waals surface area contributed by atoms with E-state index in [1.165, 1.54) is 0 Å². The molecule has 0 spiro atoms. The summed E-state index contributed by atoms with van der Waals surface area (Å²) in [7, 11) is 1.68. The number of methoxy groups -OCH3 is 1. The Morgan fingerprint density at radius 2 is 2.32 bits per heavy atom. The standard InChI is InChI=1S/C13H14N4OS/c1-18-6-5-14-12-2-3-13-15-8-11(17(13)16-12)10-4-7-19-9-10/h2-4,7-9H,5-6H2,1H3,(H,14,16). The van der Waals surface area contributed by atoms with Gasteiger partial charge in [-0.15, -0.1) is 5.10 Å². The predicted molar refractivity (Wildman–Crippen MR) is 76.7 cm³/mol. The van der Waals surface area contributed by atoms with Crippen LogP contribution in [0.4, 0.5) is 5.82 Å². The number of hydrogen-bond acceptors (Lipinski definition) is 5. The molecule has 98 valence electrons. The molecule has 0 saturated heterocycles. The molecule has 0 amide bonds. The Balaban J connectivity index is 1.94. The minimum absolute atomic E-state index is 0.654. The molecule has 0 radical (unpaired) electrons. The van der Waals surface area contributed by atoms with Gasteiger partial charge in [-0.05, 0) is 23.6 Å². The maximum atomic E-state index is 5.01. The number of hydrogen-bond donors (Lipinski definition) is 1. The Morgan fingerprint density at radius 1 is 1.37 bits per heavy atom. The average molecular weight is 274 g/mol. The second-order valence-electron chi connectivity index (χ2n) is 4.06. The number of aromatic nitrogens is 3. The van der Waals surface area contributed by atoms with Gasteiger partial charge >= 0.3 is 0 Å². The van der Waals surface area contributed by atoms with Crippen LogP contribution in [0.2, 0.25) is 0 Å².